The topological polar surface area (TPSA) is 66.4 Å². The third-order valence-corrected chi connectivity index (χ3v) is 8.51. The van der Waals surface area contributed by atoms with Crippen LogP contribution in [0.15, 0.2) is 36.4 Å². The van der Waals surface area contributed by atoms with Crippen LogP contribution in [0.3, 0.4) is 0 Å². The monoisotopic (exact) mass is 415 g/mol. The van der Waals surface area contributed by atoms with Crippen LogP contribution in [0, 0.1) is 17.8 Å². The van der Waals surface area contributed by atoms with Crippen LogP contribution in [0.4, 0.5) is 0 Å². The Balaban J connectivity index is 1.33. The zero-order chi connectivity index (χ0) is 20.4. The summed E-state index contributed by atoms with van der Waals surface area (Å²) in [6.07, 6.45) is 13.2. The van der Waals surface area contributed by atoms with E-state index in [9.17, 15) is 14.3 Å². The zero-order valence-corrected chi connectivity index (χ0v) is 18.3. The van der Waals surface area contributed by atoms with E-state index < -0.39 is 7.37 Å². The van der Waals surface area contributed by atoms with Gasteiger partial charge in [-0.2, -0.15) is 0 Å². The van der Waals surface area contributed by atoms with Crippen LogP contribution < -0.4 is 5.32 Å². The Morgan fingerprint density at radius 1 is 1.21 bits per heavy atom. The highest BCUT2D eigenvalue weighted by Gasteiger charge is 2.48. The Labute approximate surface area is 174 Å². The number of allylic oxidation sites excluding steroid dienone is 2. The maximum absolute atomic E-state index is 13.1. The quantitative estimate of drug-likeness (QED) is 0.361. The lowest BCUT2D eigenvalue weighted by atomic mass is 9.81. The lowest BCUT2D eigenvalue weighted by molar-refractivity contribution is -0.124. The summed E-state index contributed by atoms with van der Waals surface area (Å²) in [7, 11) is -2.89. The number of amides is 1. The molecule has 1 amide bonds. The van der Waals surface area contributed by atoms with E-state index in [0.717, 1.165) is 38.0 Å². The Hall–Kier alpha value is -1.38. The molecule has 5 unspecified atom stereocenters. The molecule has 6 atom stereocenters. The molecule has 3 aliphatic rings. The molecule has 0 heterocycles. The third-order valence-electron chi connectivity index (χ3n) is 7.37. The molecule has 2 fully saturated rings. The first-order valence-electron chi connectivity index (χ1n) is 11.2. The number of hydrogen-bond donors (Lipinski definition) is 2. The molecule has 158 valence electrons. The van der Waals surface area contributed by atoms with Gasteiger partial charge in [0.15, 0.2) is 7.37 Å². The summed E-state index contributed by atoms with van der Waals surface area (Å²) in [4.78, 5) is 22.5. The van der Waals surface area contributed by atoms with Crippen molar-refractivity contribution < 1.29 is 14.3 Å². The highest BCUT2D eigenvalue weighted by molar-refractivity contribution is 7.57. The summed E-state index contributed by atoms with van der Waals surface area (Å²) < 4.78 is 11.4. The second-order valence-corrected chi connectivity index (χ2v) is 12.0. The van der Waals surface area contributed by atoms with Crippen molar-refractivity contribution >= 4 is 13.3 Å². The van der Waals surface area contributed by atoms with Crippen LogP contribution in [-0.2, 0) is 15.8 Å². The maximum atomic E-state index is 13.1. The number of unbranched alkanes of at least 4 members (excludes halogenated alkanes) is 1. The van der Waals surface area contributed by atoms with Gasteiger partial charge in [0.05, 0.1) is 5.92 Å². The predicted octanol–water partition coefficient (Wildman–Crippen LogP) is 4.87. The normalized spacial score (nSPS) is 32.4. The molecule has 0 aliphatic heterocycles. The molecular formula is C24H34NO3P. The number of aryl methyl sites for hydroxylation is 1. The Morgan fingerprint density at radius 2 is 2.00 bits per heavy atom. The van der Waals surface area contributed by atoms with Crippen molar-refractivity contribution in [2.24, 2.45) is 17.8 Å². The van der Waals surface area contributed by atoms with Gasteiger partial charge in [-0.05, 0) is 80.2 Å². The average molecular weight is 416 g/mol. The van der Waals surface area contributed by atoms with Crippen molar-refractivity contribution in [1.82, 2.24) is 5.32 Å². The third kappa shape index (κ3) is 4.86. The number of rotatable bonds is 8. The van der Waals surface area contributed by atoms with Gasteiger partial charge in [0.2, 0.25) is 5.91 Å². The van der Waals surface area contributed by atoms with Crippen molar-refractivity contribution in [3.05, 3.63) is 47.5 Å². The maximum Gasteiger partial charge on any atom is 0.227 e. The fraction of sp³-hybridized carbons (Fsp3) is 0.625. The fourth-order valence-electron chi connectivity index (χ4n) is 5.94. The van der Waals surface area contributed by atoms with E-state index in [4.69, 9.17) is 0 Å². The van der Waals surface area contributed by atoms with Gasteiger partial charge in [-0.3, -0.25) is 9.36 Å². The first-order valence-corrected chi connectivity index (χ1v) is 13.5. The Kier molecular flexibility index (Phi) is 6.32. The van der Waals surface area contributed by atoms with E-state index in [2.05, 4.69) is 35.7 Å². The summed E-state index contributed by atoms with van der Waals surface area (Å²) in [6, 6.07) is 8.70. The van der Waals surface area contributed by atoms with Gasteiger partial charge >= 0.3 is 0 Å². The number of hydrogen-bond acceptors (Lipinski definition) is 2. The van der Waals surface area contributed by atoms with Crippen molar-refractivity contribution in [2.75, 3.05) is 12.8 Å². The lowest BCUT2D eigenvalue weighted by Crippen LogP contribution is -2.45. The average Bonchev–Trinajstić information content (AvgIpc) is 3.38. The molecule has 4 rings (SSSR count). The van der Waals surface area contributed by atoms with Crippen molar-refractivity contribution in [2.45, 2.75) is 63.3 Å². The second-order valence-electron chi connectivity index (χ2n) is 9.45. The molecule has 5 heteroatoms. The Morgan fingerprint density at radius 3 is 2.83 bits per heavy atom. The summed E-state index contributed by atoms with van der Waals surface area (Å²) in [5, 5.41) is 3.47. The smallest absolute Gasteiger partial charge is 0.227 e. The van der Waals surface area contributed by atoms with Crippen LogP contribution in [0.5, 0.6) is 0 Å². The molecule has 4 nitrogen and oxygen atoms in total. The largest absolute Gasteiger partial charge is 0.352 e. The van der Waals surface area contributed by atoms with Gasteiger partial charge in [-0.1, -0.05) is 36.4 Å². The highest BCUT2D eigenvalue weighted by Crippen LogP contribution is 2.50. The van der Waals surface area contributed by atoms with E-state index >= 15 is 0 Å². The van der Waals surface area contributed by atoms with E-state index in [1.54, 1.807) is 0 Å². The molecule has 29 heavy (non-hydrogen) atoms. The zero-order valence-electron chi connectivity index (χ0n) is 17.4. The second kappa shape index (κ2) is 8.78. The van der Waals surface area contributed by atoms with E-state index in [0.29, 0.717) is 24.0 Å². The van der Waals surface area contributed by atoms with E-state index in [-0.39, 0.29) is 11.8 Å². The summed E-state index contributed by atoms with van der Waals surface area (Å²) in [5.41, 5.74) is 2.56. The molecule has 0 saturated heterocycles. The van der Waals surface area contributed by atoms with Crippen LogP contribution in [-0.4, -0.2) is 29.7 Å². The molecule has 1 aromatic rings. The molecular weight excluding hydrogens is 381 g/mol. The van der Waals surface area contributed by atoms with Crippen molar-refractivity contribution in [3.63, 3.8) is 0 Å². The summed E-state index contributed by atoms with van der Waals surface area (Å²) in [6.45, 7) is 1.43. The molecule has 3 aliphatic carbocycles. The number of carbonyl (C=O) groups is 1. The van der Waals surface area contributed by atoms with Gasteiger partial charge in [-0.15, -0.1) is 0 Å². The van der Waals surface area contributed by atoms with Gasteiger partial charge in [-0.25, -0.2) is 0 Å². The number of carbonyl (C=O) groups excluding carboxylic acids is 1. The van der Waals surface area contributed by atoms with Crippen molar-refractivity contribution in [3.8, 4) is 0 Å². The number of fused-ring (bicyclic) bond motifs is 3. The van der Waals surface area contributed by atoms with Crippen LogP contribution in [0.2, 0.25) is 0 Å². The molecule has 0 spiro atoms. The Bertz CT molecular complexity index is 814. The van der Waals surface area contributed by atoms with Gasteiger partial charge in [0.25, 0.3) is 0 Å². The van der Waals surface area contributed by atoms with Crippen LogP contribution in [0.25, 0.3) is 0 Å². The minimum atomic E-state index is -2.89. The minimum absolute atomic E-state index is 0.0183. The lowest BCUT2D eigenvalue weighted by Gasteiger charge is -2.32. The molecule has 0 radical (unpaired) electrons. The van der Waals surface area contributed by atoms with Gasteiger partial charge in [0.1, 0.15) is 0 Å². The molecule has 1 aromatic carbocycles. The standard InChI is InChI=1S/C24H34NO3P/c1-29(27,28)15-7-3-2-4-10-21-18-11-12-19(16-18)23(21)25-24(26)22-14-13-17-8-5-6-9-20(17)22/h2,4-6,8-9,18-19,21-23H,3,7,10-16H2,1H3,(H,25,26)(H,27,28)/b4-2-/t18?,19-,21?,22?,23?/m0/s1. The van der Waals surface area contributed by atoms with Gasteiger partial charge < -0.3 is 10.2 Å². The summed E-state index contributed by atoms with van der Waals surface area (Å²) in [5.74, 6) is 2.16. The van der Waals surface area contributed by atoms with E-state index in [1.165, 1.54) is 37.1 Å². The first kappa shape index (κ1) is 20.9. The van der Waals surface area contributed by atoms with E-state index in [1.807, 2.05) is 6.07 Å². The SMILES string of the molecule is CP(=O)(O)CCC/C=C\CC1C2CC[C@@H](C2)C1NC(=O)C1CCc2ccccc21. The summed E-state index contributed by atoms with van der Waals surface area (Å²) >= 11 is 0. The number of nitrogens with one attached hydrogen (secondary N) is 1. The minimum Gasteiger partial charge on any atom is -0.352 e. The van der Waals surface area contributed by atoms with Gasteiger partial charge in [0, 0.05) is 18.9 Å². The number of benzene rings is 1. The van der Waals surface area contributed by atoms with Crippen molar-refractivity contribution in [1.29, 1.82) is 0 Å². The highest BCUT2D eigenvalue weighted by atomic mass is 31.2. The van der Waals surface area contributed by atoms with Crippen LogP contribution in [0.1, 0.15) is 62.0 Å². The molecule has 0 aromatic heterocycles. The fourth-order valence-corrected chi connectivity index (χ4v) is 6.71. The molecule has 2 bridgehead atoms. The molecule has 2 saturated carbocycles. The first-order chi connectivity index (χ1) is 13.9. The predicted molar refractivity (Wildman–Crippen MR) is 117 cm³/mol. The molecule has 2 N–H and O–H groups in total. The van der Waals surface area contributed by atoms with Crippen LogP contribution >= 0.6 is 7.37 Å².